The largest absolute Gasteiger partial charge is 0.490 e. The van der Waals surface area contributed by atoms with Crippen LogP contribution in [-0.4, -0.2) is 55.2 Å². The van der Waals surface area contributed by atoms with E-state index < -0.39 is 0 Å². The number of carbonyl (C=O) groups is 1. The lowest BCUT2D eigenvalue weighted by Crippen LogP contribution is -2.38. The van der Waals surface area contributed by atoms with E-state index in [9.17, 15) is 4.79 Å². The van der Waals surface area contributed by atoms with Crippen LogP contribution in [0.3, 0.4) is 0 Å². The molecule has 0 unspecified atom stereocenters. The number of benzene rings is 1. The first-order valence-corrected chi connectivity index (χ1v) is 8.97. The molecule has 126 valence electrons. The molecule has 2 aromatic rings. The zero-order valence-electron chi connectivity index (χ0n) is 13.3. The van der Waals surface area contributed by atoms with Crippen molar-refractivity contribution in [3.8, 4) is 5.75 Å². The first kappa shape index (κ1) is 15.6. The van der Waals surface area contributed by atoms with Gasteiger partial charge in [0.1, 0.15) is 23.1 Å². The molecule has 2 aliphatic heterocycles. The predicted molar refractivity (Wildman–Crippen MR) is 91.8 cm³/mol. The van der Waals surface area contributed by atoms with Crippen molar-refractivity contribution in [1.29, 1.82) is 0 Å². The van der Waals surface area contributed by atoms with Gasteiger partial charge in [-0.25, -0.2) is 4.98 Å². The third-order valence-electron chi connectivity index (χ3n) is 4.21. The van der Waals surface area contributed by atoms with Gasteiger partial charge in [0.2, 0.25) is 0 Å². The van der Waals surface area contributed by atoms with Crippen LogP contribution in [0.15, 0.2) is 29.6 Å². The molecule has 0 spiro atoms. The SMILES string of the molecule is O=C(c1csc(CN2CCOCC2)n1)N1CCOc2ccccc21. The Morgan fingerprint density at radius 2 is 2.00 bits per heavy atom. The van der Waals surface area contributed by atoms with Gasteiger partial charge in [-0.05, 0) is 12.1 Å². The lowest BCUT2D eigenvalue weighted by Gasteiger charge is -2.28. The van der Waals surface area contributed by atoms with E-state index in [0.717, 1.165) is 49.3 Å². The second kappa shape index (κ2) is 6.88. The summed E-state index contributed by atoms with van der Waals surface area (Å²) < 4.78 is 11.0. The van der Waals surface area contributed by atoms with Gasteiger partial charge in [0, 0.05) is 18.5 Å². The summed E-state index contributed by atoms with van der Waals surface area (Å²) in [7, 11) is 0. The molecule has 1 amide bonds. The highest BCUT2D eigenvalue weighted by molar-refractivity contribution is 7.09. The maximum atomic E-state index is 12.8. The van der Waals surface area contributed by atoms with Crippen LogP contribution in [0.4, 0.5) is 5.69 Å². The number of nitrogens with zero attached hydrogens (tertiary/aromatic N) is 3. The van der Waals surface area contributed by atoms with E-state index in [2.05, 4.69) is 9.88 Å². The molecule has 1 fully saturated rings. The summed E-state index contributed by atoms with van der Waals surface area (Å²) in [6.07, 6.45) is 0. The first-order chi connectivity index (χ1) is 11.8. The molecule has 0 saturated carbocycles. The van der Waals surface area contributed by atoms with E-state index in [1.807, 2.05) is 29.6 Å². The maximum absolute atomic E-state index is 12.8. The Labute approximate surface area is 144 Å². The number of amides is 1. The fourth-order valence-electron chi connectivity index (χ4n) is 2.95. The van der Waals surface area contributed by atoms with Crippen molar-refractivity contribution in [2.45, 2.75) is 6.54 Å². The molecule has 1 aromatic carbocycles. The Bertz CT molecular complexity index is 727. The molecule has 7 heteroatoms. The van der Waals surface area contributed by atoms with E-state index in [1.54, 1.807) is 16.2 Å². The lowest BCUT2D eigenvalue weighted by molar-refractivity contribution is 0.0341. The minimum absolute atomic E-state index is 0.0600. The number of ether oxygens (including phenoxy) is 2. The topological polar surface area (TPSA) is 54.9 Å². The Morgan fingerprint density at radius 3 is 2.88 bits per heavy atom. The highest BCUT2D eigenvalue weighted by atomic mass is 32.1. The van der Waals surface area contributed by atoms with Crippen LogP contribution in [0.2, 0.25) is 0 Å². The quantitative estimate of drug-likeness (QED) is 0.852. The third-order valence-corrected chi connectivity index (χ3v) is 5.04. The van der Waals surface area contributed by atoms with Gasteiger partial charge in [0.25, 0.3) is 5.91 Å². The number of aromatic nitrogens is 1. The molecule has 6 nitrogen and oxygen atoms in total. The van der Waals surface area contributed by atoms with Crippen molar-refractivity contribution >= 4 is 22.9 Å². The molecule has 0 radical (unpaired) electrons. The molecule has 4 rings (SSSR count). The molecule has 0 aliphatic carbocycles. The second-order valence-corrected chi connectivity index (χ2v) is 6.73. The molecule has 24 heavy (non-hydrogen) atoms. The van der Waals surface area contributed by atoms with E-state index in [0.29, 0.717) is 18.8 Å². The molecule has 0 atom stereocenters. The number of hydrogen-bond acceptors (Lipinski definition) is 6. The predicted octanol–water partition coefficient (Wildman–Crippen LogP) is 2.01. The van der Waals surface area contributed by atoms with Crippen LogP contribution in [0.1, 0.15) is 15.5 Å². The highest BCUT2D eigenvalue weighted by Crippen LogP contribution is 2.32. The van der Waals surface area contributed by atoms with Gasteiger partial charge in [-0.2, -0.15) is 0 Å². The van der Waals surface area contributed by atoms with Crippen molar-refractivity contribution in [2.24, 2.45) is 0 Å². The molecular formula is C17H19N3O3S. The molecule has 0 N–H and O–H groups in total. The van der Waals surface area contributed by atoms with Crippen molar-refractivity contribution in [2.75, 3.05) is 44.4 Å². The molecule has 3 heterocycles. The second-order valence-electron chi connectivity index (χ2n) is 5.79. The number of anilines is 1. The standard InChI is InChI=1S/C17H19N3O3S/c21-17(20-7-10-23-15-4-2-1-3-14(15)20)13-12-24-16(18-13)11-19-5-8-22-9-6-19/h1-4,12H,5-11H2. The molecule has 1 aromatic heterocycles. The summed E-state index contributed by atoms with van der Waals surface area (Å²) in [6.45, 7) is 5.20. The summed E-state index contributed by atoms with van der Waals surface area (Å²) in [5, 5.41) is 2.83. The summed E-state index contributed by atoms with van der Waals surface area (Å²) in [5.41, 5.74) is 1.33. The van der Waals surface area contributed by atoms with E-state index in [1.165, 1.54) is 0 Å². The molecule has 1 saturated heterocycles. The molecule has 2 aliphatic rings. The van der Waals surface area contributed by atoms with Gasteiger partial charge in [0.05, 0.1) is 32.0 Å². The zero-order valence-corrected chi connectivity index (χ0v) is 14.1. The summed E-state index contributed by atoms with van der Waals surface area (Å²) in [4.78, 5) is 21.5. The van der Waals surface area contributed by atoms with E-state index >= 15 is 0 Å². The molecule has 0 bridgehead atoms. The summed E-state index contributed by atoms with van der Waals surface area (Å²) in [6, 6.07) is 7.63. The lowest BCUT2D eigenvalue weighted by atomic mass is 10.2. The van der Waals surface area contributed by atoms with E-state index in [4.69, 9.17) is 9.47 Å². The van der Waals surface area contributed by atoms with E-state index in [-0.39, 0.29) is 5.91 Å². The van der Waals surface area contributed by atoms with Crippen LogP contribution >= 0.6 is 11.3 Å². The van der Waals surface area contributed by atoms with Crippen LogP contribution in [0.5, 0.6) is 5.75 Å². The fraction of sp³-hybridized carbons (Fsp3) is 0.412. The fourth-order valence-corrected chi connectivity index (χ4v) is 3.76. The van der Waals surface area contributed by atoms with Gasteiger partial charge in [-0.1, -0.05) is 12.1 Å². The smallest absolute Gasteiger partial charge is 0.277 e. The average molecular weight is 345 g/mol. The minimum atomic E-state index is -0.0600. The van der Waals surface area contributed by atoms with Crippen molar-refractivity contribution in [3.63, 3.8) is 0 Å². The monoisotopic (exact) mass is 345 g/mol. The van der Waals surface area contributed by atoms with Gasteiger partial charge >= 0.3 is 0 Å². The average Bonchev–Trinajstić information content (AvgIpc) is 3.10. The number of carbonyl (C=O) groups excluding carboxylic acids is 1. The zero-order chi connectivity index (χ0) is 16.4. The Morgan fingerprint density at radius 1 is 1.17 bits per heavy atom. The van der Waals surface area contributed by atoms with Crippen LogP contribution in [0.25, 0.3) is 0 Å². The maximum Gasteiger partial charge on any atom is 0.277 e. The van der Waals surface area contributed by atoms with Crippen molar-refractivity contribution in [3.05, 3.63) is 40.3 Å². The van der Waals surface area contributed by atoms with Gasteiger partial charge in [-0.3, -0.25) is 9.69 Å². The van der Waals surface area contributed by atoms with Crippen molar-refractivity contribution < 1.29 is 14.3 Å². The minimum Gasteiger partial charge on any atom is -0.490 e. The van der Waals surface area contributed by atoms with Gasteiger partial charge in [0.15, 0.2) is 0 Å². The van der Waals surface area contributed by atoms with Crippen LogP contribution in [-0.2, 0) is 11.3 Å². The number of rotatable bonds is 3. The third kappa shape index (κ3) is 3.15. The van der Waals surface area contributed by atoms with Crippen LogP contribution in [0, 0.1) is 0 Å². The van der Waals surface area contributed by atoms with Crippen LogP contribution < -0.4 is 9.64 Å². The Hall–Kier alpha value is -1.96. The van der Waals surface area contributed by atoms with Crippen molar-refractivity contribution in [1.82, 2.24) is 9.88 Å². The Kier molecular flexibility index (Phi) is 4.46. The number of para-hydroxylation sites is 2. The normalized spacial score (nSPS) is 18.1. The van der Waals surface area contributed by atoms with Gasteiger partial charge < -0.3 is 14.4 Å². The summed E-state index contributed by atoms with van der Waals surface area (Å²) >= 11 is 1.54. The number of hydrogen-bond donors (Lipinski definition) is 0. The number of thiazole rings is 1. The van der Waals surface area contributed by atoms with Gasteiger partial charge in [-0.15, -0.1) is 11.3 Å². The number of morpholine rings is 1. The Balaban J connectivity index is 1.49. The summed E-state index contributed by atoms with van der Waals surface area (Å²) in [5.74, 6) is 0.691. The molecular weight excluding hydrogens is 326 g/mol. The number of fused-ring (bicyclic) bond motifs is 1. The first-order valence-electron chi connectivity index (χ1n) is 8.09. The highest BCUT2D eigenvalue weighted by Gasteiger charge is 2.26.